The summed E-state index contributed by atoms with van der Waals surface area (Å²) in [6.07, 6.45) is -0.340. The minimum Gasteiger partial charge on any atom is -0.477 e. The number of ether oxygens (including phenoxy) is 1. The number of rotatable bonds is 8. The molecule has 0 bridgehead atoms. The zero-order chi connectivity index (χ0) is 20.6. The molecule has 6 N–H and O–H groups in total. The number of thioether (sulfide) groups is 1. The molecule has 3 rings (SSSR count). The zero-order valence-electron chi connectivity index (χ0n) is 15.4. The number of nitrogens with one attached hydrogen (secondary N) is 2. The molecule has 0 aromatic heterocycles. The van der Waals surface area contributed by atoms with Crippen molar-refractivity contribution < 1.29 is 29.3 Å². The van der Waals surface area contributed by atoms with Gasteiger partial charge in [-0.1, -0.05) is 0 Å². The molecule has 0 aromatic rings. The number of nitrogens with two attached hydrogens (primary N) is 1. The highest BCUT2D eigenvalue weighted by molar-refractivity contribution is 8.03. The maximum Gasteiger partial charge on any atom is 0.404 e. The molecule has 3 aliphatic rings. The van der Waals surface area contributed by atoms with Crippen LogP contribution in [-0.2, 0) is 14.3 Å². The Balaban J connectivity index is 1.60. The van der Waals surface area contributed by atoms with E-state index >= 15 is 0 Å². The third-order valence-electron chi connectivity index (χ3n) is 5.33. The van der Waals surface area contributed by atoms with Crippen LogP contribution in [0.4, 0.5) is 4.79 Å². The van der Waals surface area contributed by atoms with Gasteiger partial charge in [0.1, 0.15) is 5.70 Å². The van der Waals surface area contributed by atoms with E-state index in [1.54, 1.807) is 6.92 Å². The van der Waals surface area contributed by atoms with E-state index in [1.807, 2.05) is 0 Å². The largest absolute Gasteiger partial charge is 0.477 e. The van der Waals surface area contributed by atoms with E-state index in [9.17, 15) is 24.6 Å². The van der Waals surface area contributed by atoms with Gasteiger partial charge >= 0.3 is 12.1 Å². The highest BCUT2D eigenvalue weighted by Crippen LogP contribution is 2.48. The molecule has 3 heterocycles. The number of nitrogens with zero attached hydrogens (tertiary/aromatic N) is 1. The second-order valence-corrected chi connectivity index (χ2v) is 8.60. The van der Waals surface area contributed by atoms with Crippen LogP contribution in [0.25, 0.3) is 0 Å². The average Bonchev–Trinajstić information content (AvgIpc) is 3.17. The summed E-state index contributed by atoms with van der Waals surface area (Å²) in [4.78, 5) is 36.5. The van der Waals surface area contributed by atoms with E-state index in [0.29, 0.717) is 30.0 Å². The quantitative estimate of drug-likeness (QED) is 0.271. The number of primary amides is 1. The van der Waals surface area contributed by atoms with Crippen molar-refractivity contribution in [1.82, 2.24) is 10.2 Å². The predicted molar refractivity (Wildman–Crippen MR) is 101 cm³/mol. The molecule has 11 heteroatoms. The first-order valence-electron chi connectivity index (χ1n) is 9.07. The van der Waals surface area contributed by atoms with Crippen molar-refractivity contribution in [2.24, 2.45) is 11.7 Å². The van der Waals surface area contributed by atoms with Gasteiger partial charge in [0.25, 0.3) is 0 Å². The first-order chi connectivity index (χ1) is 13.2. The summed E-state index contributed by atoms with van der Waals surface area (Å²) in [6, 6.07) is -0.469. The number of carboxylic acids is 1. The van der Waals surface area contributed by atoms with Crippen LogP contribution < -0.4 is 11.1 Å². The number of carboxylic acid groups (broad SMARTS) is 1. The summed E-state index contributed by atoms with van der Waals surface area (Å²) in [7, 11) is 0. The van der Waals surface area contributed by atoms with E-state index in [-0.39, 0.29) is 42.0 Å². The van der Waals surface area contributed by atoms with E-state index < -0.39 is 24.1 Å². The molecule has 2 fully saturated rings. The topological polar surface area (TPSA) is 166 Å². The van der Waals surface area contributed by atoms with Crippen molar-refractivity contribution in [3.05, 3.63) is 10.6 Å². The fourth-order valence-corrected chi connectivity index (χ4v) is 5.47. The average molecular weight is 412 g/mol. The summed E-state index contributed by atoms with van der Waals surface area (Å²) in [6.45, 7) is 2.20. The van der Waals surface area contributed by atoms with Crippen molar-refractivity contribution in [2.45, 2.75) is 49.6 Å². The normalized spacial score (nSPS) is 30.1. The van der Waals surface area contributed by atoms with Crippen LogP contribution in [0, 0.1) is 11.3 Å². The van der Waals surface area contributed by atoms with Crippen molar-refractivity contribution in [1.29, 1.82) is 5.41 Å². The summed E-state index contributed by atoms with van der Waals surface area (Å²) in [5.74, 6) is -2.03. The van der Waals surface area contributed by atoms with Crippen LogP contribution in [-0.4, -0.2) is 75.4 Å². The number of aliphatic hydroxyl groups excluding tert-OH is 1. The summed E-state index contributed by atoms with van der Waals surface area (Å²) < 4.78 is 4.65. The molecule has 0 spiro atoms. The van der Waals surface area contributed by atoms with Gasteiger partial charge in [-0.05, 0) is 13.3 Å². The lowest BCUT2D eigenvalue weighted by Gasteiger charge is -2.44. The van der Waals surface area contributed by atoms with Crippen LogP contribution in [0.5, 0.6) is 0 Å². The van der Waals surface area contributed by atoms with E-state index in [4.69, 9.17) is 11.1 Å². The van der Waals surface area contributed by atoms with Crippen LogP contribution in [0.15, 0.2) is 10.6 Å². The molecule has 28 heavy (non-hydrogen) atoms. The number of β-lactam (4-membered cyclic amide) rings is 1. The molecular weight excluding hydrogens is 388 g/mol. The van der Waals surface area contributed by atoms with Crippen molar-refractivity contribution in [3.8, 4) is 0 Å². The molecule has 5 atom stereocenters. The standard InChI is InChI=1S/C17H24N4O6S/c1-7(22)13-11-5-12(14(16(24)25)21(11)15(13)23)28-8-4-10(20-6-8)9(18)2-3-27-17(19)26/h7-8,10-11,13,18,20,22H,2-6H2,1H3,(H2,19,26)(H,24,25)/t7?,8?,10?,11-,13-/m1/s1. The fraction of sp³-hybridized carbons (Fsp3) is 0.647. The SMILES string of the molecule is CC(O)[C@H]1C(=O)N2C(C(=O)O)=C(SC3CNC(C(=N)CCOC(N)=O)C3)C[C@H]12. The Morgan fingerprint density at radius 2 is 2.21 bits per heavy atom. The first-order valence-corrected chi connectivity index (χ1v) is 9.95. The minimum absolute atomic E-state index is 0.0188. The Bertz CT molecular complexity index is 739. The lowest BCUT2D eigenvalue weighted by Crippen LogP contribution is -2.61. The van der Waals surface area contributed by atoms with Crippen LogP contribution in [0.1, 0.15) is 26.2 Å². The molecular formula is C17H24N4O6S. The number of amides is 2. The van der Waals surface area contributed by atoms with Gasteiger partial charge in [0.2, 0.25) is 5.91 Å². The summed E-state index contributed by atoms with van der Waals surface area (Å²) in [5.41, 5.74) is 5.32. The Kier molecular flexibility index (Phi) is 5.96. The fourth-order valence-electron chi connectivity index (χ4n) is 4.03. The number of hydrogen-bond acceptors (Lipinski definition) is 8. The van der Waals surface area contributed by atoms with Gasteiger partial charge in [-0.15, -0.1) is 11.8 Å². The van der Waals surface area contributed by atoms with E-state index in [2.05, 4.69) is 10.1 Å². The van der Waals surface area contributed by atoms with E-state index in [1.165, 1.54) is 16.7 Å². The molecule has 154 valence electrons. The third kappa shape index (κ3) is 3.87. The smallest absolute Gasteiger partial charge is 0.404 e. The zero-order valence-corrected chi connectivity index (χ0v) is 16.2. The number of fused-ring (bicyclic) bond motifs is 1. The second kappa shape index (κ2) is 8.10. The maximum atomic E-state index is 12.2. The Morgan fingerprint density at radius 1 is 1.50 bits per heavy atom. The molecule has 3 unspecified atom stereocenters. The minimum atomic E-state index is -1.14. The highest BCUT2D eigenvalue weighted by Gasteiger charge is 2.57. The van der Waals surface area contributed by atoms with Crippen molar-refractivity contribution in [2.75, 3.05) is 13.2 Å². The van der Waals surface area contributed by atoms with Gasteiger partial charge < -0.3 is 36.3 Å². The molecule has 0 aromatic carbocycles. The first kappa shape index (κ1) is 20.6. The predicted octanol–water partition coefficient (Wildman–Crippen LogP) is -0.137. The molecule has 0 aliphatic carbocycles. The Morgan fingerprint density at radius 3 is 2.82 bits per heavy atom. The van der Waals surface area contributed by atoms with Crippen molar-refractivity contribution in [3.63, 3.8) is 0 Å². The van der Waals surface area contributed by atoms with Crippen LogP contribution in [0.3, 0.4) is 0 Å². The van der Waals surface area contributed by atoms with Crippen LogP contribution >= 0.6 is 11.8 Å². The lowest BCUT2D eigenvalue weighted by molar-refractivity contribution is -0.161. The molecule has 10 nitrogen and oxygen atoms in total. The van der Waals surface area contributed by atoms with Gasteiger partial charge in [-0.2, -0.15) is 0 Å². The molecule has 2 saturated heterocycles. The second-order valence-electron chi connectivity index (χ2n) is 7.20. The van der Waals surface area contributed by atoms with Gasteiger partial charge in [-0.3, -0.25) is 4.79 Å². The number of aliphatic hydroxyl groups is 1. The van der Waals surface area contributed by atoms with Gasteiger partial charge in [0, 0.05) is 41.3 Å². The number of carbonyl (C=O) groups excluding carboxylic acids is 2. The number of aliphatic carboxylic acids is 1. The Hall–Kier alpha value is -2.11. The van der Waals surface area contributed by atoms with Crippen LogP contribution in [0.2, 0.25) is 0 Å². The Labute approximate surface area is 166 Å². The summed E-state index contributed by atoms with van der Waals surface area (Å²) in [5, 5.41) is 30.8. The maximum absolute atomic E-state index is 12.2. The summed E-state index contributed by atoms with van der Waals surface area (Å²) >= 11 is 1.42. The third-order valence-corrected chi connectivity index (χ3v) is 6.66. The molecule has 0 saturated carbocycles. The van der Waals surface area contributed by atoms with Gasteiger partial charge in [-0.25, -0.2) is 9.59 Å². The monoisotopic (exact) mass is 412 g/mol. The van der Waals surface area contributed by atoms with Crippen molar-refractivity contribution >= 4 is 35.4 Å². The molecule has 3 aliphatic heterocycles. The van der Waals surface area contributed by atoms with Gasteiger partial charge in [0.15, 0.2) is 0 Å². The van der Waals surface area contributed by atoms with Gasteiger partial charge in [0.05, 0.1) is 24.7 Å². The lowest BCUT2D eigenvalue weighted by atomic mass is 9.83. The number of hydrogen-bond donors (Lipinski definition) is 5. The molecule has 2 amide bonds. The number of carbonyl (C=O) groups is 3. The molecule has 0 radical (unpaired) electrons. The highest BCUT2D eigenvalue weighted by atomic mass is 32.2. The van der Waals surface area contributed by atoms with E-state index in [0.717, 1.165) is 0 Å².